The van der Waals surface area contributed by atoms with Crippen molar-refractivity contribution >= 4 is 23.5 Å². The number of amides is 1. The van der Waals surface area contributed by atoms with Crippen molar-refractivity contribution in [2.24, 2.45) is 0 Å². The molecule has 124 valence electrons. The van der Waals surface area contributed by atoms with E-state index in [9.17, 15) is 19.5 Å². The van der Waals surface area contributed by atoms with Crippen LogP contribution in [0.5, 0.6) is 0 Å². The SMILES string of the molecule is CCOC(=O)c1ccc(NC(=O)Cc2cccnc2C(=O)[O-])cc1. The number of nitrogens with one attached hydrogen (secondary N) is 1. The molecular formula is C17H15N2O5-. The zero-order valence-corrected chi connectivity index (χ0v) is 12.9. The molecule has 1 aromatic carbocycles. The van der Waals surface area contributed by atoms with E-state index < -0.39 is 17.8 Å². The van der Waals surface area contributed by atoms with Crippen LogP contribution in [-0.2, 0) is 16.0 Å². The van der Waals surface area contributed by atoms with Gasteiger partial charge >= 0.3 is 5.97 Å². The van der Waals surface area contributed by atoms with Gasteiger partial charge < -0.3 is 20.0 Å². The van der Waals surface area contributed by atoms with E-state index in [1.54, 1.807) is 25.1 Å². The van der Waals surface area contributed by atoms with E-state index in [0.29, 0.717) is 11.3 Å². The zero-order chi connectivity index (χ0) is 17.5. The van der Waals surface area contributed by atoms with Crippen LogP contribution in [0.4, 0.5) is 5.69 Å². The number of aromatic carboxylic acids is 1. The summed E-state index contributed by atoms with van der Waals surface area (Å²) < 4.78 is 4.87. The number of nitrogens with zero attached hydrogens (tertiary/aromatic N) is 1. The second kappa shape index (κ2) is 7.87. The molecular weight excluding hydrogens is 312 g/mol. The summed E-state index contributed by atoms with van der Waals surface area (Å²) in [4.78, 5) is 38.2. The number of benzene rings is 1. The molecule has 0 fully saturated rings. The number of anilines is 1. The molecule has 1 amide bonds. The molecule has 0 radical (unpaired) electrons. The van der Waals surface area contributed by atoms with E-state index in [1.165, 1.54) is 24.4 Å². The Kier molecular flexibility index (Phi) is 5.62. The van der Waals surface area contributed by atoms with Crippen molar-refractivity contribution < 1.29 is 24.2 Å². The van der Waals surface area contributed by atoms with Crippen LogP contribution in [0.25, 0.3) is 0 Å². The Morgan fingerprint density at radius 1 is 1.17 bits per heavy atom. The van der Waals surface area contributed by atoms with Crippen LogP contribution in [-0.4, -0.2) is 29.4 Å². The number of ether oxygens (including phenoxy) is 1. The quantitative estimate of drug-likeness (QED) is 0.786. The van der Waals surface area contributed by atoms with Gasteiger partial charge in [-0.2, -0.15) is 0 Å². The van der Waals surface area contributed by atoms with Crippen molar-refractivity contribution in [3.8, 4) is 0 Å². The first kappa shape index (κ1) is 17.1. The van der Waals surface area contributed by atoms with Crippen molar-refractivity contribution in [2.75, 3.05) is 11.9 Å². The first-order valence-electron chi connectivity index (χ1n) is 7.23. The van der Waals surface area contributed by atoms with E-state index in [2.05, 4.69) is 10.3 Å². The average molecular weight is 327 g/mol. The third kappa shape index (κ3) is 4.39. The van der Waals surface area contributed by atoms with Crippen molar-refractivity contribution in [3.63, 3.8) is 0 Å². The smallest absolute Gasteiger partial charge is 0.338 e. The lowest BCUT2D eigenvalue weighted by Crippen LogP contribution is -2.26. The minimum atomic E-state index is -1.43. The van der Waals surface area contributed by atoms with Gasteiger partial charge in [0.25, 0.3) is 0 Å². The minimum Gasteiger partial charge on any atom is -0.543 e. The average Bonchev–Trinajstić information content (AvgIpc) is 2.56. The van der Waals surface area contributed by atoms with Gasteiger partial charge in [0.2, 0.25) is 5.91 Å². The summed E-state index contributed by atoms with van der Waals surface area (Å²) in [5, 5.41) is 13.6. The van der Waals surface area contributed by atoms with Gasteiger partial charge in [-0.25, -0.2) is 4.79 Å². The molecule has 7 heteroatoms. The molecule has 0 atom stereocenters. The number of carbonyl (C=O) groups excluding carboxylic acids is 3. The van der Waals surface area contributed by atoms with Crippen molar-refractivity contribution in [1.29, 1.82) is 0 Å². The zero-order valence-electron chi connectivity index (χ0n) is 12.9. The Bertz CT molecular complexity index is 756. The molecule has 0 saturated heterocycles. The van der Waals surface area contributed by atoms with E-state index in [0.717, 1.165) is 0 Å². The molecule has 1 N–H and O–H groups in total. The number of aromatic nitrogens is 1. The molecule has 24 heavy (non-hydrogen) atoms. The molecule has 7 nitrogen and oxygen atoms in total. The molecule has 2 rings (SSSR count). The first-order chi connectivity index (χ1) is 11.5. The summed E-state index contributed by atoms with van der Waals surface area (Å²) >= 11 is 0. The van der Waals surface area contributed by atoms with Gasteiger partial charge in [0.05, 0.1) is 30.3 Å². The molecule has 1 aromatic heterocycles. The lowest BCUT2D eigenvalue weighted by atomic mass is 10.1. The van der Waals surface area contributed by atoms with Gasteiger partial charge in [-0.05, 0) is 42.8 Å². The summed E-state index contributed by atoms with van der Waals surface area (Å²) in [6.07, 6.45) is 1.16. The van der Waals surface area contributed by atoms with Crippen LogP contribution in [0.15, 0.2) is 42.6 Å². The number of esters is 1. The number of hydrogen-bond donors (Lipinski definition) is 1. The molecule has 2 aromatic rings. The lowest BCUT2D eigenvalue weighted by molar-refractivity contribution is -0.255. The van der Waals surface area contributed by atoms with Crippen molar-refractivity contribution in [1.82, 2.24) is 4.98 Å². The Labute approximate surface area is 138 Å². The fourth-order valence-electron chi connectivity index (χ4n) is 2.05. The molecule has 0 unspecified atom stereocenters. The summed E-state index contributed by atoms with van der Waals surface area (Å²) in [6.45, 7) is 2.00. The second-order valence-electron chi connectivity index (χ2n) is 4.82. The number of carboxylic acid groups (broad SMARTS) is 1. The summed E-state index contributed by atoms with van der Waals surface area (Å²) in [5.41, 5.74) is 0.858. The number of carbonyl (C=O) groups is 3. The third-order valence-electron chi connectivity index (χ3n) is 3.12. The first-order valence-corrected chi connectivity index (χ1v) is 7.23. The van der Waals surface area contributed by atoms with E-state index in [-0.39, 0.29) is 24.3 Å². The van der Waals surface area contributed by atoms with Crippen LogP contribution < -0.4 is 10.4 Å². The maximum Gasteiger partial charge on any atom is 0.338 e. The molecule has 0 spiro atoms. The Balaban J connectivity index is 2.03. The molecule has 0 bridgehead atoms. The van der Waals surface area contributed by atoms with Crippen molar-refractivity contribution in [2.45, 2.75) is 13.3 Å². The van der Waals surface area contributed by atoms with Crippen molar-refractivity contribution in [3.05, 3.63) is 59.4 Å². The van der Waals surface area contributed by atoms with Gasteiger partial charge in [-0.15, -0.1) is 0 Å². The number of carboxylic acids is 1. The standard InChI is InChI=1S/C17H16N2O5/c1-2-24-17(23)11-5-7-13(8-6-11)19-14(20)10-12-4-3-9-18-15(12)16(21)22/h3-9H,2,10H2,1H3,(H,19,20)(H,21,22)/p-1. The Morgan fingerprint density at radius 3 is 2.50 bits per heavy atom. The highest BCUT2D eigenvalue weighted by Crippen LogP contribution is 2.12. The largest absolute Gasteiger partial charge is 0.543 e. The normalized spacial score (nSPS) is 10.0. The van der Waals surface area contributed by atoms with Crippen LogP contribution in [0.3, 0.4) is 0 Å². The summed E-state index contributed by atoms with van der Waals surface area (Å²) in [5.74, 6) is -2.28. The fraction of sp³-hybridized carbons (Fsp3) is 0.176. The molecule has 0 aliphatic heterocycles. The van der Waals surface area contributed by atoms with Gasteiger partial charge in [0, 0.05) is 11.9 Å². The Morgan fingerprint density at radius 2 is 1.88 bits per heavy atom. The molecule has 0 aliphatic carbocycles. The lowest BCUT2D eigenvalue weighted by Gasteiger charge is -2.10. The highest BCUT2D eigenvalue weighted by Gasteiger charge is 2.11. The second-order valence-corrected chi connectivity index (χ2v) is 4.82. The number of pyridine rings is 1. The van der Waals surface area contributed by atoms with Gasteiger partial charge in [-0.1, -0.05) is 6.07 Å². The van der Waals surface area contributed by atoms with E-state index in [1.807, 2.05) is 0 Å². The van der Waals surface area contributed by atoms with Gasteiger partial charge in [-0.3, -0.25) is 9.78 Å². The number of hydrogen-bond acceptors (Lipinski definition) is 6. The predicted molar refractivity (Wildman–Crippen MR) is 83.3 cm³/mol. The molecule has 0 saturated carbocycles. The van der Waals surface area contributed by atoms with Crippen LogP contribution in [0.2, 0.25) is 0 Å². The van der Waals surface area contributed by atoms with E-state index >= 15 is 0 Å². The van der Waals surface area contributed by atoms with Crippen LogP contribution in [0, 0.1) is 0 Å². The minimum absolute atomic E-state index is 0.156. The van der Waals surface area contributed by atoms with E-state index in [4.69, 9.17) is 4.74 Å². The van der Waals surface area contributed by atoms with Gasteiger partial charge in [0.1, 0.15) is 0 Å². The Hall–Kier alpha value is -3.22. The third-order valence-corrected chi connectivity index (χ3v) is 3.12. The fourth-order valence-corrected chi connectivity index (χ4v) is 2.05. The summed E-state index contributed by atoms with van der Waals surface area (Å²) in [6, 6.07) is 9.24. The number of rotatable bonds is 6. The van der Waals surface area contributed by atoms with Crippen LogP contribution in [0.1, 0.15) is 33.3 Å². The maximum absolute atomic E-state index is 12.0. The summed E-state index contributed by atoms with van der Waals surface area (Å²) in [7, 11) is 0. The maximum atomic E-state index is 12.0. The highest BCUT2D eigenvalue weighted by atomic mass is 16.5. The predicted octanol–water partition coefficient (Wildman–Crippen LogP) is 0.803. The van der Waals surface area contributed by atoms with Gasteiger partial charge in [0.15, 0.2) is 0 Å². The monoisotopic (exact) mass is 327 g/mol. The topological polar surface area (TPSA) is 108 Å². The molecule has 1 heterocycles. The molecule has 0 aliphatic rings. The highest BCUT2D eigenvalue weighted by molar-refractivity contribution is 5.95. The van der Waals surface area contributed by atoms with Crippen LogP contribution >= 0.6 is 0 Å².